The van der Waals surface area contributed by atoms with E-state index in [4.69, 9.17) is 14.1 Å². The minimum Gasteiger partial charge on any atom is -0.453 e. The van der Waals surface area contributed by atoms with Gasteiger partial charge in [-0.15, -0.1) is 0 Å². The summed E-state index contributed by atoms with van der Waals surface area (Å²) in [5, 5.41) is 11.7. The quantitative estimate of drug-likeness (QED) is 0.176. The summed E-state index contributed by atoms with van der Waals surface area (Å²) in [6.07, 6.45) is 0.0787. The van der Waals surface area contributed by atoms with E-state index in [9.17, 15) is 9.59 Å². The molecular weight excluding hydrogens is 482 g/mol. The number of nitrogens with one attached hydrogen (secondary N) is 3. The van der Waals surface area contributed by atoms with E-state index >= 15 is 0 Å². The van der Waals surface area contributed by atoms with Gasteiger partial charge in [-0.2, -0.15) is 0 Å². The van der Waals surface area contributed by atoms with Crippen LogP contribution in [-0.2, 0) is 9.53 Å². The zero-order valence-corrected chi connectivity index (χ0v) is 22.6. The molecule has 0 saturated heterocycles. The highest BCUT2D eigenvalue weighted by molar-refractivity contribution is 6.10. The van der Waals surface area contributed by atoms with E-state index in [1.54, 1.807) is 20.8 Å². The minimum absolute atomic E-state index is 0.132. The topological polar surface area (TPSA) is 118 Å². The van der Waals surface area contributed by atoms with Crippen LogP contribution in [0.5, 0.6) is 0 Å². The second-order valence-electron chi connectivity index (χ2n) is 10.1. The van der Waals surface area contributed by atoms with Gasteiger partial charge in [0.1, 0.15) is 16.8 Å². The van der Waals surface area contributed by atoms with Crippen LogP contribution in [0.1, 0.15) is 39.7 Å². The highest BCUT2D eigenvalue weighted by atomic mass is 16.6. The molecule has 0 atom stereocenters. The minimum atomic E-state index is -0.615. The van der Waals surface area contributed by atoms with Gasteiger partial charge in [-0.3, -0.25) is 9.79 Å². The average molecular weight is 518 g/mol. The molecule has 38 heavy (non-hydrogen) atoms. The van der Waals surface area contributed by atoms with Crippen LogP contribution in [0.25, 0.3) is 33.3 Å². The van der Waals surface area contributed by atoms with Gasteiger partial charge in [-0.25, -0.2) is 9.78 Å². The van der Waals surface area contributed by atoms with Crippen LogP contribution in [0.4, 0.5) is 10.5 Å². The summed E-state index contributed by atoms with van der Waals surface area (Å²) in [5.74, 6) is 0.424. The fourth-order valence-corrected chi connectivity index (χ4v) is 4.15. The van der Waals surface area contributed by atoms with Crippen LogP contribution in [0, 0.1) is 6.92 Å². The number of aromatic nitrogens is 1. The number of rotatable bonds is 8. The monoisotopic (exact) mass is 517 g/mol. The van der Waals surface area contributed by atoms with E-state index in [-0.39, 0.29) is 12.5 Å². The van der Waals surface area contributed by atoms with E-state index in [0.717, 1.165) is 38.6 Å². The van der Waals surface area contributed by atoms with Gasteiger partial charge in [-0.05, 0) is 52.7 Å². The first-order valence-corrected chi connectivity index (χ1v) is 12.9. The lowest BCUT2D eigenvalue weighted by atomic mass is 10.1. The summed E-state index contributed by atoms with van der Waals surface area (Å²) >= 11 is 0. The fraction of sp³-hybridized carbons (Fsp3) is 0.379. The smallest absolute Gasteiger partial charge is 0.408 e. The number of hydrogen-bond acceptors (Lipinski definition) is 7. The highest BCUT2D eigenvalue weighted by Crippen LogP contribution is 2.34. The highest BCUT2D eigenvalue weighted by Gasteiger charge is 2.17. The normalized spacial score (nSPS) is 12.2. The Kier molecular flexibility index (Phi) is 8.14. The van der Waals surface area contributed by atoms with Crippen molar-refractivity contribution in [3.63, 3.8) is 0 Å². The largest absolute Gasteiger partial charge is 0.453 e. The molecule has 2 aliphatic rings. The molecule has 1 heterocycles. The maximum atomic E-state index is 12.0. The maximum Gasteiger partial charge on any atom is 0.408 e. The molecule has 9 heteroatoms. The van der Waals surface area contributed by atoms with Crippen LogP contribution in [0.15, 0.2) is 51.9 Å². The number of alkyl carbamates (subject to hydrolysis) is 1. The Hall–Kier alpha value is -4.14. The molecule has 0 aromatic heterocycles. The molecule has 0 fully saturated rings. The second-order valence-corrected chi connectivity index (χ2v) is 10.1. The van der Waals surface area contributed by atoms with Gasteiger partial charge in [0, 0.05) is 48.2 Å². The summed E-state index contributed by atoms with van der Waals surface area (Å²) < 4.78 is 11.4. The Bertz CT molecular complexity index is 1500. The van der Waals surface area contributed by atoms with Crippen molar-refractivity contribution in [2.75, 3.05) is 31.5 Å². The van der Waals surface area contributed by atoms with E-state index in [1.807, 2.05) is 50.2 Å². The number of anilines is 1. The molecule has 9 nitrogen and oxygen atoms in total. The first kappa shape index (κ1) is 26.9. The summed E-state index contributed by atoms with van der Waals surface area (Å²) in [6.45, 7) is 11.0. The van der Waals surface area contributed by atoms with Crippen molar-refractivity contribution in [3.05, 3.63) is 53.4 Å². The number of benzene rings is 3. The summed E-state index contributed by atoms with van der Waals surface area (Å²) in [7, 11) is 0. The van der Waals surface area contributed by atoms with Gasteiger partial charge in [0.25, 0.3) is 0 Å². The number of amides is 2. The molecule has 0 saturated carbocycles. The standard InChI is InChI=1S/C29H35N5O4/c1-6-30-21-15-24-23(14-18(21)2)34-27-20-11-8-7-10-19(20)22(16-25(27)37-24)31-12-9-13-32-26(35)17-33-28(36)38-29(3,4)5/h7-8,10-11,14-16,31H,6,9,12-13,17H2,1-5H3,(H,32,35)(H,33,36). The van der Waals surface area contributed by atoms with E-state index in [0.29, 0.717) is 37.4 Å². The molecule has 0 radical (unpaired) electrons. The summed E-state index contributed by atoms with van der Waals surface area (Å²) in [5.41, 5.74) is 3.68. The number of carbonyl (C=O) groups excluding carboxylic acids is 2. The van der Waals surface area contributed by atoms with Crippen molar-refractivity contribution in [2.24, 2.45) is 4.99 Å². The Morgan fingerprint density at radius 3 is 2.55 bits per heavy atom. The number of ether oxygens (including phenoxy) is 1. The van der Waals surface area contributed by atoms with Gasteiger partial charge in [0.15, 0.2) is 11.3 Å². The third kappa shape index (κ3) is 6.59. The molecular formula is C29H35N5O4. The third-order valence-corrected chi connectivity index (χ3v) is 5.82. The van der Waals surface area contributed by atoms with Crippen LogP contribution >= 0.6 is 0 Å². The molecule has 1 aliphatic heterocycles. The Morgan fingerprint density at radius 1 is 1.05 bits per heavy atom. The summed E-state index contributed by atoms with van der Waals surface area (Å²) in [4.78, 5) is 33.2. The van der Waals surface area contributed by atoms with Crippen LogP contribution in [-0.4, -0.2) is 48.8 Å². The van der Waals surface area contributed by atoms with Gasteiger partial charge in [0.05, 0.1) is 11.9 Å². The van der Waals surface area contributed by atoms with Crippen molar-refractivity contribution in [2.45, 2.75) is 46.6 Å². The average Bonchev–Trinajstić information content (AvgIpc) is 2.86. The number of nitrogens with zero attached hydrogens (tertiary/aromatic N) is 2. The van der Waals surface area contributed by atoms with Crippen molar-refractivity contribution in [3.8, 4) is 11.5 Å². The van der Waals surface area contributed by atoms with Crippen LogP contribution in [0.3, 0.4) is 0 Å². The van der Waals surface area contributed by atoms with Crippen molar-refractivity contribution in [1.82, 2.24) is 15.6 Å². The van der Waals surface area contributed by atoms with Crippen LogP contribution < -0.4 is 21.3 Å². The molecule has 0 unspecified atom stereocenters. The first-order valence-electron chi connectivity index (χ1n) is 12.9. The van der Waals surface area contributed by atoms with Gasteiger partial charge < -0.3 is 25.1 Å². The van der Waals surface area contributed by atoms with E-state index < -0.39 is 11.7 Å². The molecule has 0 spiro atoms. The second kappa shape index (κ2) is 11.5. The maximum absolute atomic E-state index is 12.0. The molecule has 2 aromatic carbocycles. The predicted octanol–water partition coefficient (Wildman–Crippen LogP) is 4.76. The van der Waals surface area contributed by atoms with Crippen molar-refractivity contribution >= 4 is 39.6 Å². The predicted molar refractivity (Wildman–Crippen MR) is 149 cm³/mol. The molecule has 3 N–H and O–H groups in total. The number of carbonyl (C=O) groups is 2. The molecule has 2 aromatic rings. The van der Waals surface area contributed by atoms with Crippen molar-refractivity contribution in [1.29, 1.82) is 0 Å². The van der Waals surface area contributed by atoms with Gasteiger partial charge >= 0.3 is 6.09 Å². The Balaban J connectivity index is 1.44. The zero-order valence-electron chi connectivity index (χ0n) is 22.6. The van der Waals surface area contributed by atoms with Gasteiger partial charge in [-0.1, -0.05) is 24.3 Å². The molecule has 2 amide bonds. The molecule has 1 aliphatic carbocycles. The van der Waals surface area contributed by atoms with E-state index in [2.05, 4.69) is 27.0 Å². The Morgan fingerprint density at radius 2 is 1.82 bits per heavy atom. The zero-order chi connectivity index (χ0) is 27.3. The first-order chi connectivity index (χ1) is 18.1. The molecule has 0 bridgehead atoms. The molecule has 4 rings (SSSR count). The number of hydrogen-bond donors (Lipinski definition) is 3. The Labute approximate surface area is 222 Å². The van der Waals surface area contributed by atoms with Crippen LogP contribution in [0.2, 0.25) is 0 Å². The SMILES string of the molecule is CCN=c1cc2oc3cc(NCCCNC(=O)CNC(=O)OC(C)(C)C)c4ccccc4c3nc-2cc1C. The molecule has 200 valence electrons. The van der Waals surface area contributed by atoms with E-state index in [1.165, 1.54) is 0 Å². The lowest BCUT2D eigenvalue weighted by molar-refractivity contribution is -0.120. The lowest BCUT2D eigenvalue weighted by Crippen LogP contribution is -2.40. The number of fused-ring (bicyclic) bond motifs is 4. The van der Waals surface area contributed by atoms with Crippen molar-refractivity contribution < 1.29 is 18.7 Å². The summed E-state index contributed by atoms with van der Waals surface area (Å²) in [6, 6.07) is 14.0. The van der Waals surface area contributed by atoms with Gasteiger partial charge in [0.2, 0.25) is 5.91 Å². The number of aryl methyl sites for hydroxylation is 1. The lowest BCUT2D eigenvalue weighted by Gasteiger charge is -2.19. The fourth-order valence-electron chi connectivity index (χ4n) is 4.15. The third-order valence-electron chi connectivity index (χ3n) is 5.82.